The van der Waals surface area contributed by atoms with E-state index in [1.807, 2.05) is 74.9 Å². The fraction of sp³-hybridized carbons (Fsp3) is 0.209. The van der Waals surface area contributed by atoms with Crippen LogP contribution in [0.5, 0.6) is 0 Å². The van der Waals surface area contributed by atoms with E-state index < -0.39 is 11.9 Å². The van der Waals surface area contributed by atoms with Crippen molar-refractivity contribution in [3.05, 3.63) is 129 Å². The first-order chi connectivity index (χ1) is 26.5. The molecular formula is C43H36BrClN6O4. The lowest BCUT2D eigenvalue weighted by atomic mass is 10.0. The molecule has 4 N–H and O–H groups in total. The van der Waals surface area contributed by atoms with Gasteiger partial charge in [-0.1, -0.05) is 29.8 Å². The van der Waals surface area contributed by atoms with Crippen molar-refractivity contribution in [2.45, 2.75) is 37.5 Å². The van der Waals surface area contributed by atoms with Crippen molar-refractivity contribution in [3.8, 4) is 11.1 Å². The number of hydrogen-bond donors (Lipinski definition) is 4. The zero-order valence-electron chi connectivity index (χ0n) is 30.0. The molecule has 0 amide bonds. The van der Waals surface area contributed by atoms with Gasteiger partial charge in [-0.05, 0) is 125 Å². The minimum absolute atomic E-state index is 0.117. The molecule has 55 heavy (non-hydrogen) atoms. The number of carbonyl (C=O) groups is 2. The molecule has 2 unspecified atom stereocenters. The van der Waals surface area contributed by atoms with Crippen LogP contribution in [0.15, 0.2) is 95.9 Å². The number of hydrogen-bond acceptors (Lipinski definition) is 6. The summed E-state index contributed by atoms with van der Waals surface area (Å²) < 4.78 is 5.11. The van der Waals surface area contributed by atoms with Gasteiger partial charge < -0.3 is 30.0 Å². The lowest BCUT2D eigenvalue weighted by molar-refractivity contribution is 0.0686. The summed E-state index contributed by atoms with van der Waals surface area (Å²) in [6.07, 6.45) is 9.43. The van der Waals surface area contributed by atoms with Crippen molar-refractivity contribution in [2.24, 2.45) is 20.0 Å². The molecular weight excluding hydrogens is 780 g/mol. The molecule has 2 fully saturated rings. The standard InChI is InChI=1S/C43H36BrClN6O4/c1-50-10-9-23-11-28(18-33(38(23)50)31-5-3-4-6-37(31)45)48-41-35(43(54)55)17-27(21-47-41)32-15-24(32)13-30-14-25-12-29(19-36(44)39(25)51(30)2)49-40-34(42(52)53)16-26(20-46-40)22-7-8-22/h3-6,9-12,14,16-22,24,32H,7-8,13,15H2,1-2H3,(H,46,49)(H,47,48)(H,52,53)(H,54,55). The molecule has 2 saturated carbocycles. The molecule has 4 aromatic heterocycles. The number of nitrogens with one attached hydrogen (secondary N) is 2. The Morgan fingerprint density at radius 3 is 2.16 bits per heavy atom. The lowest BCUT2D eigenvalue weighted by Gasteiger charge is -2.14. The van der Waals surface area contributed by atoms with E-state index in [1.54, 1.807) is 24.5 Å². The summed E-state index contributed by atoms with van der Waals surface area (Å²) in [4.78, 5) is 33.8. The number of nitrogens with zero attached hydrogens (tertiary/aromatic N) is 4. The largest absolute Gasteiger partial charge is 0.478 e. The minimum Gasteiger partial charge on any atom is -0.478 e. The van der Waals surface area contributed by atoms with Gasteiger partial charge in [0.15, 0.2) is 0 Å². The molecule has 0 aliphatic heterocycles. The van der Waals surface area contributed by atoms with E-state index in [0.29, 0.717) is 28.4 Å². The van der Waals surface area contributed by atoms with E-state index in [9.17, 15) is 19.8 Å². The number of aromatic carboxylic acids is 2. The van der Waals surface area contributed by atoms with Gasteiger partial charge in [0.05, 0.1) is 11.0 Å². The monoisotopic (exact) mass is 814 g/mol. The van der Waals surface area contributed by atoms with Gasteiger partial charge in [0.2, 0.25) is 0 Å². The Morgan fingerprint density at radius 2 is 1.47 bits per heavy atom. The zero-order valence-corrected chi connectivity index (χ0v) is 32.3. The second-order valence-corrected chi connectivity index (χ2v) is 16.0. The number of aryl methyl sites for hydroxylation is 2. The van der Waals surface area contributed by atoms with E-state index in [-0.39, 0.29) is 22.9 Å². The number of carboxylic acid groups (broad SMARTS) is 2. The number of benzene rings is 3. The van der Waals surface area contributed by atoms with E-state index in [0.717, 1.165) is 85.6 Å². The van der Waals surface area contributed by atoms with Gasteiger partial charge >= 0.3 is 11.9 Å². The van der Waals surface area contributed by atoms with E-state index in [4.69, 9.17) is 11.6 Å². The van der Waals surface area contributed by atoms with Crippen LogP contribution in [-0.2, 0) is 20.5 Å². The Bertz CT molecular complexity index is 2720. The quantitative estimate of drug-likeness (QED) is 0.101. The molecule has 2 atom stereocenters. The highest BCUT2D eigenvalue weighted by atomic mass is 79.9. The van der Waals surface area contributed by atoms with Gasteiger partial charge in [0.1, 0.15) is 22.8 Å². The first-order valence-corrected chi connectivity index (χ1v) is 19.3. The topological polar surface area (TPSA) is 134 Å². The average Bonchev–Trinajstić information content (AvgIpc) is 4.08. The molecule has 0 radical (unpaired) electrons. The maximum Gasteiger partial charge on any atom is 0.339 e. The first kappa shape index (κ1) is 35.1. The van der Waals surface area contributed by atoms with Crippen LogP contribution < -0.4 is 10.6 Å². The third kappa shape index (κ3) is 6.61. The Hall–Kier alpha value is -5.65. The Labute approximate surface area is 329 Å². The molecule has 0 spiro atoms. The minimum atomic E-state index is -1.05. The van der Waals surface area contributed by atoms with E-state index >= 15 is 0 Å². The smallest absolute Gasteiger partial charge is 0.339 e. The van der Waals surface area contributed by atoms with Gasteiger partial charge in [-0.15, -0.1) is 0 Å². The van der Waals surface area contributed by atoms with E-state index in [2.05, 4.69) is 51.7 Å². The summed E-state index contributed by atoms with van der Waals surface area (Å²) in [7, 11) is 4.03. The predicted molar refractivity (Wildman–Crippen MR) is 219 cm³/mol. The van der Waals surface area contributed by atoms with Crippen LogP contribution in [0.2, 0.25) is 5.02 Å². The SMILES string of the molecule is Cn1ccc2cc(Nc3ncc(C4CC4Cc4cc5cc(Nc6ncc(C7CC7)cc6C(=O)O)cc(Br)c5n4C)cc3C(=O)O)cc(-c3ccccc3Cl)c21. The van der Waals surface area contributed by atoms with Gasteiger partial charge in [-0.3, -0.25) is 0 Å². The number of aromatic nitrogens is 4. The molecule has 3 aromatic carbocycles. The molecule has 2 aliphatic rings. The summed E-state index contributed by atoms with van der Waals surface area (Å²) >= 11 is 10.4. The summed E-state index contributed by atoms with van der Waals surface area (Å²) in [6.45, 7) is 0. The predicted octanol–water partition coefficient (Wildman–Crippen LogP) is 10.7. The highest BCUT2D eigenvalue weighted by Gasteiger charge is 2.39. The highest BCUT2D eigenvalue weighted by molar-refractivity contribution is 9.10. The van der Waals surface area contributed by atoms with Crippen LogP contribution in [0.4, 0.5) is 23.0 Å². The van der Waals surface area contributed by atoms with Crippen LogP contribution in [0.1, 0.15) is 68.6 Å². The second-order valence-electron chi connectivity index (χ2n) is 14.7. The first-order valence-electron chi connectivity index (χ1n) is 18.1. The average molecular weight is 816 g/mol. The van der Waals surface area contributed by atoms with Gasteiger partial charge in [-0.2, -0.15) is 0 Å². The summed E-state index contributed by atoms with van der Waals surface area (Å²) in [5.74, 6) is -0.549. The number of pyridine rings is 2. The van der Waals surface area contributed by atoms with Crippen molar-refractivity contribution >= 4 is 84.3 Å². The van der Waals surface area contributed by atoms with Crippen molar-refractivity contribution < 1.29 is 19.8 Å². The molecule has 7 aromatic rings. The number of halogens is 2. The van der Waals surface area contributed by atoms with Gasteiger partial charge in [0.25, 0.3) is 0 Å². The normalized spacial score (nSPS) is 16.4. The summed E-state index contributed by atoms with van der Waals surface area (Å²) in [5, 5.41) is 29.4. The van der Waals surface area contributed by atoms with Crippen LogP contribution >= 0.6 is 27.5 Å². The third-order valence-electron chi connectivity index (χ3n) is 11.0. The molecule has 276 valence electrons. The maximum absolute atomic E-state index is 12.6. The van der Waals surface area contributed by atoms with Crippen molar-refractivity contribution in [1.82, 2.24) is 19.1 Å². The molecule has 2 aliphatic carbocycles. The molecule has 9 rings (SSSR count). The summed E-state index contributed by atoms with van der Waals surface area (Å²) in [5.41, 5.74) is 8.63. The number of anilines is 4. The lowest BCUT2D eigenvalue weighted by Crippen LogP contribution is -2.07. The molecule has 0 saturated heterocycles. The molecule has 12 heteroatoms. The fourth-order valence-electron chi connectivity index (χ4n) is 7.93. The summed E-state index contributed by atoms with van der Waals surface area (Å²) in [6, 6.07) is 23.3. The second kappa shape index (κ2) is 13.6. The Kier molecular flexibility index (Phi) is 8.66. The zero-order chi connectivity index (χ0) is 38.1. The maximum atomic E-state index is 12.6. The Morgan fingerprint density at radius 1 is 0.818 bits per heavy atom. The van der Waals surface area contributed by atoms with Gasteiger partial charge in [0, 0.05) is 81.1 Å². The third-order valence-corrected chi connectivity index (χ3v) is 11.9. The number of fused-ring (bicyclic) bond motifs is 2. The van der Waals surface area contributed by atoms with Gasteiger partial charge in [-0.25, -0.2) is 19.6 Å². The number of rotatable bonds is 11. The molecule has 0 bridgehead atoms. The van der Waals surface area contributed by atoms with Crippen LogP contribution in [0.3, 0.4) is 0 Å². The van der Waals surface area contributed by atoms with E-state index in [1.165, 1.54) is 0 Å². The van der Waals surface area contributed by atoms with Crippen LogP contribution in [0, 0.1) is 5.92 Å². The number of carboxylic acids is 2. The van der Waals surface area contributed by atoms with Crippen molar-refractivity contribution in [2.75, 3.05) is 10.6 Å². The molecule has 10 nitrogen and oxygen atoms in total. The van der Waals surface area contributed by atoms with Crippen LogP contribution in [0.25, 0.3) is 32.9 Å². The Balaban J connectivity index is 0.944. The fourth-order valence-corrected chi connectivity index (χ4v) is 8.91. The highest BCUT2D eigenvalue weighted by Crippen LogP contribution is 2.50. The van der Waals surface area contributed by atoms with Crippen LogP contribution in [-0.4, -0.2) is 41.3 Å². The van der Waals surface area contributed by atoms with Crippen molar-refractivity contribution in [3.63, 3.8) is 0 Å². The molecule has 4 heterocycles. The van der Waals surface area contributed by atoms with Crippen molar-refractivity contribution in [1.29, 1.82) is 0 Å².